The molecular formula is C17H22ClN5O2S. The number of aromatic nitrogens is 1. The molecule has 2 N–H and O–H groups in total. The van der Waals surface area contributed by atoms with E-state index in [2.05, 4.69) is 20.0 Å². The van der Waals surface area contributed by atoms with Crippen LogP contribution in [0.4, 0.5) is 0 Å². The minimum Gasteiger partial charge on any atom is -0.355 e. The average molecular weight is 396 g/mol. The summed E-state index contributed by atoms with van der Waals surface area (Å²) >= 11 is 5.89. The Kier molecular flexibility index (Phi) is 7.38. The zero-order valence-electron chi connectivity index (χ0n) is 14.7. The van der Waals surface area contributed by atoms with Crippen molar-refractivity contribution in [1.29, 1.82) is 0 Å². The first-order valence-corrected chi connectivity index (χ1v) is 9.84. The monoisotopic (exact) mass is 395 g/mol. The Hall–Kier alpha value is -2.16. The van der Waals surface area contributed by atoms with Crippen molar-refractivity contribution in [2.75, 3.05) is 27.2 Å². The molecule has 0 saturated carbocycles. The number of nitrogens with zero attached hydrogens (tertiary/aromatic N) is 3. The standard InChI is InChI=1S/C17H22ClN5O2S/c1-19-17(23(2)13-14-5-7-15(18)8-6-14)21-10-11-22-26(24,25)16-4-3-9-20-12-16/h3-9,12,22H,10-11,13H2,1-2H3,(H,19,21). The first kappa shape index (κ1) is 20.2. The fraction of sp³-hybridized carbons (Fsp3) is 0.294. The molecule has 0 aliphatic heterocycles. The lowest BCUT2D eigenvalue weighted by Gasteiger charge is -2.22. The van der Waals surface area contributed by atoms with Crippen LogP contribution in [-0.4, -0.2) is 51.4 Å². The minimum absolute atomic E-state index is 0.143. The molecule has 0 unspecified atom stereocenters. The normalized spacial score (nSPS) is 12.0. The Labute approximate surface area is 159 Å². The van der Waals surface area contributed by atoms with E-state index < -0.39 is 10.0 Å². The van der Waals surface area contributed by atoms with Gasteiger partial charge < -0.3 is 10.2 Å². The van der Waals surface area contributed by atoms with E-state index in [1.165, 1.54) is 18.5 Å². The van der Waals surface area contributed by atoms with Crippen molar-refractivity contribution < 1.29 is 8.42 Å². The topological polar surface area (TPSA) is 86.7 Å². The SMILES string of the molecule is CN=C(NCCNS(=O)(=O)c1cccnc1)N(C)Cc1ccc(Cl)cc1. The van der Waals surface area contributed by atoms with Gasteiger partial charge in [-0.3, -0.25) is 9.98 Å². The first-order valence-electron chi connectivity index (χ1n) is 7.98. The average Bonchev–Trinajstić information content (AvgIpc) is 2.64. The second-order valence-corrected chi connectivity index (χ2v) is 7.75. The van der Waals surface area contributed by atoms with Gasteiger partial charge in [0.25, 0.3) is 0 Å². The van der Waals surface area contributed by atoms with Gasteiger partial charge in [-0.2, -0.15) is 0 Å². The summed E-state index contributed by atoms with van der Waals surface area (Å²) in [5.74, 6) is 0.667. The Morgan fingerprint density at radius 1 is 1.23 bits per heavy atom. The van der Waals surface area contributed by atoms with Crippen LogP contribution >= 0.6 is 11.6 Å². The highest BCUT2D eigenvalue weighted by atomic mass is 35.5. The molecule has 0 amide bonds. The van der Waals surface area contributed by atoms with Gasteiger partial charge in [-0.15, -0.1) is 0 Å². The van der Waals surface area contributed by atoms with Crippen LogP contribution in [0.2, 0.25) is 5.02 Å². The lowest BCUT2D eigenvalue weighted by Crippen LogP contribution is -2.42. The molecule has 1 aromatic carbocycles. The first-order chi connectivity index (χ1) is 12.4. The highest BCUT2D eigenvalue weighted by molar-refractivity contribution is 7.89. The van der Waals surface area contributed by atoms with E-state index in [0.717, 1.165) is 5.56 Å². The molecule has 2 rings (SSSR count). The van der Waals surface area contributed by atoms with Gasteiger partial charge in [-0.05, 0) is 29.8 Å². The van der Waals surface area contributed by atoms with E-state index in [1.54, 1.807) is 13.1 Å². The summed E-state index contributed by atoms with van der Waals surface area (Å²) in [7, 11) is 0.0313. The predicted octanol–water partition coefficient (Wildman–Crippen LogP) is 1.72. The lowest BCUT2D eigenvalue weighted by atomic mass is 10.2. The van der Waals surface area contributed by atoms with Crippen LogP contribution in [0.3, 0.4) is 0 Å². The summed E-state index contributed by atoms with van der Waals surface area (Å²) in [4.78, 5) is 10.1. The molecule has 0 radical (unpaired) electrons. The maximum Gasteiger partial charge on any atom is 0.242 e. The number of pyridine rings is 1. The molecule has 1 aromatic heterocycles. The number of benzene rings is 1. The Balaban J connectivity index is 1.82. The van der Waals surface area contributed by atoms with Crippen molar-refractivity contribution in [2.24, 2.45) is 4.99 Å². The molecule has 0 saturated heterocycles. The molecule has 9 heteroatoms. The molecular weight excluding hydrogens is 374 g/mol. The molecule has 7 nitrogen and oxygen atoms in total. The van der Waals surface area contributed by atoms with Gasteiger partial charge in [0.2, 0.25) is 10.0 Å². The van der Waals surface area contributed by atoms with Gasteiger partial charge in [-0.1, -0.05) is 23.7 Å². The smallest absolute Gasteiger partial charge is 0.242 e. The van der Waals surface area contributed by atoms with Gasteiger partial charge in [0.05, 0.1) is 0 Å². The van der Waals surface area contributed by atoms with Crippen LogP contribution in [0.15, 0.2) is 58.7 Å². The molecule has 26 heavy (non-hydrogen) atoms. The number of nitrogens with one attached hydrogen (secondary N) is 2. The van der Waals surface area contributed by atoms with E-state index in [0.29, 0.717) is 24.1 Å². The third-order valence-corrected chi connectivity index (χ3v) is 5.25. The molecule has 0 aliphatic carbocycles. The highest BCUT2D eigenvalue weighted by Crippen LogP contribution is 2.11. The van der Waals surface area contributed by atoms with Gasteiger partial charge in [0.1, 0.15) is 4.90 Å². The number of sulfonamides is 1. The van der Waals surface area contributed by atoms with Crippen LogP contribution in [0.5, 0.6) is 0 Å². The number of aliphatic imine (C=N–C) groups is 1. The fourth-order valence-corrected chi connectivity index (χ4v) is 3.39. The van der Waals surface area contributed by atoms with Gasteiger partial charge in [0, 0.05) is 51.1 Å². The highest BCUT2D eigenvalue weighted by Gasteiger charge is 2.13. The summed E-state index contributed by atoms with van der Waals surface area (Å²) < 4.78 is 26.8. The van der Waals surface area contributed by atoms with Crippen LogP contribution in [-0.2, 0) is 16.6 Å². The third kappa shape index (κ3) is 5.98. The van der Waals surface area contributed by atoms with E-state index >= 15 is 0 Å². The summed E-state index contributed by atoms with van der Waals surface area (Å²) in [5, 5.41) is 3.83. The van der Waals surface area contributed by atoms with Crippen molar-refractivity contribution in [3.63, 3.8) is 0 Å². The molecule has 0 atom stereocenters. The quantitative estimate of drug-likeness (QED) is 0.423. The number of hydrogen-bond donors (Lipinski definition) is 2. The molecule has 0 fully saturated rings. The third-order valence-electron chi connectivity index (χ3n) is 3.55. The van der Waals surface area contributed by atoms with E-state index in [9.17, 15) is 8.42 Å². The summed E-state index contributed by atoms with van der Waals surface area (Å²) in [6.07, 6.45) is 2.84. The molecule has 140 valence electrons. The van der Waals surface area contributed by atoms with Crippen molar-refractivity contribution in [3.05, 3.63) is 59.4 Å². The maximum atomic E-state index is 12.1. The van der Waals surface area contributed by atoms with Crippen LogP contribution in [0, 0.1) is 0 Å². The number of rotatable bonds is 7. The molecule has 0 aliphatic rings. The minimum atomic E-state index is -3.56. The molecule has 1 heterocycles. The lowest BCUT2D eigenvalue weighted by molar-refractivity contribution is 0.477. The second-order valence-electron chi connectivity index (χ2n) is 5.54. The van der Waals surface area contributed by atoms with E-state index in [4.69, 9.17) is 11.6 Å². The van der Waals surface area contributed by atoms with E-state index in [1.807, 2.05) is 36.2 Å². The predicted molar refractivity (Wildman–Crippen MR) is 104 cm³/mol. The summed E-state index contributed by atoms with van der Waals surface area (Å²) in [5.41, 5.74) is 1.09. The van der Waals surface area contributed by atoms with Crippen LogP contribution < -0.4 is 10.0 Å². The number of halogens is 1. The van der Waals surface area contributed by atoms with Crippen molar-refractivity contribution in [3.8, 4) is 0 Å². The maximum absolute atomic E-state index is 12.1. The second kappa shape index (κ2) is 9.51. The van der Waals surface area contributed by atoms with Crippen molar-refractivity contribution in [1.82, 2.24) is 19.9 Å². The zero-order chi connectivity index (χ0) is 19.0. The number of hydrogen-bond acceptors (Lipinski definition) is 4. The summed E-state index contributed by atoms with van der Waals surface area (Å²) in [6, 6.07) is 10.7. The fourth-order valence-electron chi connectivity index (χ4n) is 2.27. The molecule has 0 bridgehead atoms. The largest absolute Gasteiger partial charge is 0.355 e. The Morgan fingerprint density at radius 2 is 1.96 bits per heavy atom. The van der Waals surface area contributed by atoms with Gasteiger partial charge in [-0.25, -0.2) is 13.1 Å². The van der Waals surface area contributed by atoms with Crippen LogP contribution in [0.25, 0.3) is 0 Å². The zero-order valence-corrected chi connectivity index (χ0v) is 16.3. The Bertz CT molecular complexity index is 826. The van der Waals surface area contributed by atoms with Crippen molar-refractivity contribution >= 4 is 27.6 Å². The number of guanidine groups is 1. The van der Waals surface area contributed by atoms with Crippen LogP contribution in [0.1, 0.15) is 5.56 Å². The summed E-state index contributed by atoms with van der Waals surface area (Å²) in [6.45, 7) is 1.28. The Morgan fingerprint density at radius 3 is 2.58 bits per heavy atom. The van der Waals surface area contributed by atoms with Gasteiger partial charge >= 0.3 is 0 Å². The molecule has 2 aromatic rings. The van der Waals surface area contributed by atoms with Crippen molar-refractivity contribution in [2.45, 2.75) is 11.4 Å². The van der Waals surface area contributed by atoms with E-state index in [-0.39, 0.29) is 11.4 Å². The molecule has 0 spiro atoms. The van der Waals surface area contributed by atoms with Gasteiger partial charge in [0.15, 0.2) is 5.96 Å².